The summed E-state index contributed by atoms with van der Waals surface area (Å²) >= 11 is 5.67. The number of aromatic amines is 1. The van der Waals surface area contributed by atoms with Crippen LogP contribution in [-0.2, 0) is 6.42 Å². The predicted octanol–water partition coefficient (Wildman–Crippen LogP) is 6.15. The molecule has 0 radical (unpaired) electrons. The molecule has 2 aliphatic rings. The Morgan fingerprint density at radius 1 is 0.978 bits per heavy atom. The van der Waals surface area contributed by atoms with Gasteiger partial charge in [-0.2, -0.15) is 0 Å². The molecule has 11 nitrogen and oxygen atoms in total. The molecule has 0 saturated carbocycles. The van der Waals surface area contributed by atoms with Gasteiger partial charge in [0.1, 0.15) is 39.8 Å². The van der Waals surface area contributed by atoms with Crippen LogP contribution in [0.1, 0.15) is 76.7 Å². The lowest BCUT2D eigenvalue weighted by Crippen LogP contribution is -2.36. The number of carbonyl (C=O) groups excluding carboxylic acids is 2. The van der Waals surface area contributed by atoms with E-state index >= 15 is 0 Å². The first-order valence-electron chi connectivity index (χ1n) is 14.9. The molecular weight excluding hydrogens is 616 g/mol. The van der Waals surface area contributed by atoms with Crippen LogP contribution in [0.4, 0.5) is 0 Å². The number of Topliss-reactive ketones (excluding diaryl/α,β-unsaturated/α-hetero) is 1. The van der Waals surface area contributed by atoms with Crippen LogP contribution in [0.3, 0.4) is 0 Å². The zero-order valence-corrected chi connectivity index (χ0v) is 26.3. The summed E-state index contributed by atoms with van der Waals surface area (Å²) < 4.78 is 23.5. The third-order valence-corrected chi connectivity index (χ3v) is 8.15. The number of nitrogens with one attached hydrogen (secondary N) is 1. The SMILES string of the molecule is CCCCc1nc(C=O)c(Cl)[nH]1.COc1cc(C2Oc3cc(C4Oc5cccc(O)c5C(=O)C4C)ccc3OC2CO)ccc1O. The summed E-state index contributed by atoms with van der Waals surface area (Å²) in [6, 6.07) is 14.8. The van der Waals surface area contributed by atoms with Crippen molar-refractivity contribution in [1.29, 1.82) is 0 Å². The molecule has 1 aromatic heterocycles. The molecule has 0 fully saturated rings. The van der Waals surface area contributed by atoms with Gasteiger partial charge in [-0.1, -0.05) is 50.1 Å². The number of halogens is 1. The molecular formula is C34H35ClN2O9. The van der Waals surface area contributed by atoms with Crippen LogP contribution in [0.15, 0.2) is 54.6 Å². The number of carbonyl (C=O) groups is 2. The minimum atomic E-state index is -0.672. The molecule has 0 amide bonds. The third kappa shape index (κ3) is 6.61. The average Bonchev–Trinajstić information content (AvgIpc) is 3.44. The summed E-state index contributed by atoms with van der Waals surface area (Å²) in [5, 5.41) is 30.3. The summed E-state index contributed by atoms with van der Waals surface area (Å²) in [5.41, 5.74) is 1.87. The lowest BCUT2D eigenvalue weighted by molar-refractivity contribution is -0.0127. The summed E-state index contributed by atoms with van der Waals surface area (Å²) in [6.07, 6.45) is 1.76. The molecule has 4 unspecified atom stereocenters. The monoisotopic (exact) mass is 650 g/mol. The van der Waals surface area contributed by atoms with Gasteiger partial charge in [0.05, 0.1) is 19.6 Å². The fourth-order valence-corrected chi connectivity index (χ4v) is 5.59. The van der Waals surface area contributed by atoms with Crippen molar-refractivity contribution < 1.29 is 43.9 Å². The van der Waals surface area contributed by atoms with Crippen molar-refractivity contribution in [3.05, 3.63) is 88.0 Å². The number of methoxy groups -OCH3 is 1. The molecule has 0 spiro atoms. The number of phenolic OH excluding ortho intramolecular Hbond substituents is 2. The quantitative estimate of drug-likeness (QED) is 0.163. The molecule has 0 bridgehead atoms. The molecule has 3 aromatic carbocycles. The van der Waals surface area contributed by atoms with Crippen molar-refractivity contribution in [2.75, 3.05) is 13.7 Å². The second-order valence-electron chi connectivity index (χ2n) is 11.0. The van der Waals surface area contributed by atoms with Crippen molar-refractivity contribution in [2.45, 2.75) is 51.4 Å². The van der Waals surface area contributed by atoms with Gasteiger partial charge in [0.25, 0.3) is 0 Å². The predicted molar refractivity (Wildman–Crippen MR) is 169 cm³/mol. The standard InChI is InChI=1S/C26H24O8.C8H11ClN2O/c1-13-24(30)23-17(29)4-3-5-19(23)33-25(13)14-7-9-18-21(11-14)34-26(22(12-27)32-18)15-6-8-16(28)20(10-15)31-2;1-2-3-4-7-10-6(5-12)8(9)11-7/h3-11,13,22,25-29H,12H2,1-2H3;5H,2-4H2,1H3,(H,10,11). The first kappa shape index (κ1) is 32.6. The van der Waals surface area contributed by atoms with Gasteiger partial charge < -0.3 is 39.3 Å². The number of phenols is 2. The van der Waals surface area contributed by atoms with Crippen molar-refractivity contribution in [1.82, 2.24) is 9.97 Å². The van der Waals surface area contributed by atoms with Crippen LogP contribution in [0.25, 0.3) is 0 Å². The van der Waals surface area contributed by atoms with Gasteiger partial charge in [0.15, 0.2) is 47.3 Å². The number of nitrogens with zero attached hydrogens (tertiary/aromatic N) is 1. The van der Waals surface area contributed by atoms with Crippen LogP contribution in [0, 0.1) is 5.92 Å². The molecule has 0 aliphatic carbocycles. The molecule has 4 atom stereocenters. The van der Waals surface area contributed by atoms with Gasteiger partial charge in [-0.25, -0.2) is 4.98 Å². The van der Waals surface area contributed by atoms with Gasteiger partial charge in [-0.3, -0.25) is 9.59 Å². The van der Waals surface area contributed by atoms with Gasteiger partial charge in [0.2, 0.25) is 0 Å². The number of aliphatic hydroxyl groups is 1. The Morgan fingerprint density at radius 2 is 1.72 bits per heavy atom. The number of aldehydes is 1. The van der Waals surface area contributed by atoms with Crippen LogP contribution in [0.5, 0.6) is 34.5 Å². The maximum absolute atomic E-state index is 13.0. The minimum Gasteiger partial charge on any atom is -0.507 e. The topological polar surface area (TPSA) is 160 Å². The van der Waals surface area contributed by atoms with E-state index in [1.807, 2.05) is 0 Å². The van der Waals surface area contributed by atoms with Crippen LogP contribution in [0.2, 0.25) is 5.15 Å². The fourth-order valence-electron chi connectivity index (χ4n) is 5.40. The maximum Gasteiger partial charge on any atom is 0.177 e. The van der Waals surface area contributed by atoms with Gasteiger partial charge in [-0.15, -0.1) is 0 Å². The van der Waals surface area contributed by atoms with Crippen LogP contribution >= 0.6 is 11.6 Å². The summed E-state index contributed by atoms with van der Waals surface area (Å²) in [5.74, 6) is 1.45. The second-order valence-corrected chi connectivity index (χ2v) is 11.3. The summed E-state index contributed by atoms with van der Waals surface area (Å²) in [7, 11) is 1.45. The number of imidazole rings is 1. The maximum atomic E-state index is 13.0. The first-order valence-corrected chi connectivity index (χ1v) is 15.2. The highest BCUT2D eigenvalue weighted by Crippen LogP contribution is 2.46. The summed E-state index contributed by atoms with van der Waals surface area (Å²) in [4.78, 5) is 30.2. The first-order chi connectivity index (χ1) is 22.2. The highest BCUT2D eigenvalue weighted by molar-refractivity contribution is 6.31. The van der Waals surface area contributed by atoms with Crippen LogP contribution in [-0.4, -0.2) is 57.2 Å². The molecule has 4 aromatic rings. The Morgan fingerprint density at radius 3 is 2.41 bits per heavy atom. The van der Waals surface area contributed by atoms with E-state index < -0.39 is 24.2 Å². The Labute approximate surface area is 270 Å². The number of aryl methyl sites for hydroxylation is 1. The van der Waals surface area contributed by atoms with Crippen molar-refractivity contribution >= 4 is 23.7 Å². The molecule has 4 N–H and O–H groups in total. The van der Waals surface area contributed by atoms with E-state index in [1.54, 1.807) is 49.4 Å². The number of H-pyrrole nitrogens is 1. The molecule has 12 heteroatoms. The summed E-state index contributed by atoms with van der Waals surface area (Å²) in [6.45, 7) is 3.57. The van der Waals surface area contributed by atoms with Crippen molar-refractivity contribution in [3.63, 3.8) is 0 Å². The number of hydrogen-bond donors (Lipinski definition) is 4. The average molecular weight is 651 g/mol. The molecule has 46 heavy (non-hydrogen) atoms. The number of ketones is 1. The smallest absolute Gasteiger partial charge is 0.177 e. The third-order valence-electron chi connectivity index (χ3n) is 7.86. The van der Waals surface area contributed by atoms with E-state index in [0.29, 0.717) is 45.5 Å². The largest absolute Gasteiger partial charge is 0.507 e. The molecule has 2 aliphatic heterocycles. The Kier molecular flexibility index (Phi) is 10.0. The van der Waals surface area contributed by atoms with E-state index in [9.17, 15) is 24.9 Å². The zero-order valence-electron chi connectivity index (χ0n) is 25.5. The zero-order chi connectivity index (χ0) is 33.0. The second kappa shape index (κ2) is 14.1. The van der Waals surface area contributed by atoms with Crippen molar-refractivity contribution in [3.8, 4) is 34.5 Å². The van der Waals surface area contributed by atoms with E-state index in [0.717, 1.165) is 25.1 Å². The van der Waals surface area contributed by atoms with Gasteiger partial charge in [-0.05, 0) is 48.4 Å². The van der Waals surface area contributed by atoms with E-state index in [-0.39, 0.29) is 35.2 Å². The van der Waals surface area contributed by atoms with E-state index in [1.165, 1.54) is 19.2 Å². The number of aromatic hydroxyl groups is 2. The van der Waals surface area contributed by atoms with Crippen LogP contribution < -0.4 is 18.9 Å². The van der Waals surface area contributed by atoms with Gasteiger partial charge in [0, 0.05) is 12.0 Å². The molecule has 3 heterocycles. The Hall–Kier alpha value is -4.74. The number of ether oxygens (including phenoxy) is 4. The van der Waals surface area contributed by atoms with Gasteiger partial charge >= 0.3 is 0 Å². The number of aromatic nitrogens is 2. The highest BCUT2D eigenvalue weighted by atomic mass is 35.5. The number of hydrogen-bond acceptors (Lipinski definition) is 10. The Bertz CT molecular complexity index is 1720. The normalized spacial score (nSPS) is 19.7. The molecule has 242 valence electrons. The number of aliphatic hydroxyl groups excluding tert-OH is 1. The highest BCUT2D eigenvalue weighted by Gasteiger charge is 2.38. The number of rotatable bonds is 8. The number of benzene rings is 3. The number of unbranched alkanes of at least 4 members (excludes halogenated alkanes) is 1. The Balaban J connectivity index is 0.000000293. The lowest BCUT2D eigenvalue weighted by Gasteiger charge is -2.35. The lowest BCUT2D eigenvalue weighted by atomic mass is 9.86. The van der Waals surface area contributed by atoms with Crippen molar-refractivity contribution in [2.24, 2.45) is 5.92 Å². The van der Waals surface area contributed by atoms with E-state index in [4.69, 9.17) is 30.5 Å². The number of fused-ring (bicyclic) bond motifs is 2. The molecule has 6 rings (SSSR count). The van der Waals surface area contributed by atoms with E-state index in [2.05, 4.69) is 16.9 Å². The fraction of sp³-hybridized carbons (Fsp3) is 0.324. The minimum absolute atomic E-state index is 0.00867. The molecule has 0 saturated heterocycles.